The van der Waals surface area contributed by atoms with Crippen LogP contribution in [-0.2, 0) is 5.33 Å². The van der Waals surface area contributed by atoms with Gasteiger partial charge in [0.05, 0.1) is 10.6 Å². The Morgan fingerprint density at radius 2 is 2.13 bits per heavy atom. The largest absolute Gasteiger partial charge is 0.489 e. The van der Waals surface area contributed by atoms with Gasteiger partial charge >= 0.3 is 0 Å². The Morgan fingerprint density at radius 1 is 1.40 bits per heavy atom. The lowest BCUT2D eigenvalue weighted by molar-refractivity contribution is 0.207. The maximum Gasteiger partial charge on any atom is 0.137 e. The van der Waals surface area contributed by atoms with Crippen LogP contribution < -0.4 is 4.74 Å². The average molecular weight is 336 g/mol. The highest BCUT2D eigenvalue weighted by molar-refractivity contribution is 9.10. The van der Waals surface area contributed by atoms with Gasteiger partial charge in [-0.2, -0.15) is 0 Å². The molecule has 0 spiro atoms. The van der Waals surface area contributed by atoms with Gasteiger partial charge in [-0.15, -0.1) is 0 Å². The second-order valence-electron chi connectivity index (χ2n) is 3.58. The molecule has 1 aromatic rings. The van der Waals surface area contributed by atoms with E-state index in [0.29, 0.717) is 0 Å². The molecular weight excluding hydrogens is 320 g/mol. The molecule has 0 aliphatic rings. The molecule has 1 rings (SSSR count). The average Bonchev–Trinajstić information content (AvgIpc) is 2.21. The number of benzene rings is 1. The Labute approximate surface area is 108 Å². The molecule has 0 fully saturated rings. The first kappa shape index (κ1) is 13.0. The maximum absolute atomic E-state index is 5.93. The summed E-state index contributed by atoms with van der Waals surface area (Å²) in [6.45, 7) is 4.28. The molecule has 3 heteroatoms. The lowest BCUT2D eigenvalue weighted by atomic mass is 10.2. The molecule has 1 atom stereocenters. The Hall–Kier alpha value is -0.0200. The van der Waals surface area contributed by atoms with E-state index >= 15 is 0 Å². The second kappa shape index (κ2) is 6.54. The zero-order valence-corrected chi connectivity index (χ0v) is 12.3. The van der Waals surface area contributed by atoms with Crippen LogP contribution in [0.3, 0.4) is 0 Å². The molecule has 0 aliphatic heterocycles. The number of ether oxygens (including phenoxy) is 1. The Kier molecular flexibility index (Phi) is 5.69. The van der Waals surface area contributed by atoms with Gasteiger partial charge in [0.25, 0.3) is 0 Å². The van der Waals surface area contributed by atoms with E-state index in [1.807, 2.05) is 12.1 Å². The predicted molar refractivity (Wildman–Crippen MR) is 71.8 cm³/mol. The highest BCUT2D eigenvalue weighted by atomic mass is 79.9. The summed E-state index contributed by atoms with van der Waals surface area (Å²) in [6.07, 6.45) is 2.50. The zero-order valence-electron chi connectivity index (χ0n) is 9.09. The van der Waals surface area contributed by atoms with Crippen LogP contribution in [0, 0.1) is 0 Å². The monoisotopic (exact) mass is 334 g/mol. The minimum Gasteiger partial charge on any atom is -0.489 e. The maximum atomic E-state index is 5.93. The van der Waals surface area contributed by atoms with Gasteiger partial charge in [-0.25, -0.2) is 0 Å². The molecule has 0 aliphatic carbocycles. The van der Waals surface area contributed by atoms with Crippen molar-refractivity contribution >= 4 is 31.9 Å². The van der Waals surface area contributed by atoms with Gasteiger partial charge in [0.15, 0.2) is 0 Å². The lowest BCUT2D eigenvalue weighted by Gasteiger charge is -2.17. The number of hydrogen-bond acceptors (Lipinski definition) is 1. The van der Waals surface area contributed by atoms with E-state index in [-0.39, 0.29) is 6.10 Å². The normalized spacial score (nSPS) is 12.5. The number of halogens is 2. The number of para-hydroxylation sites is 1. The predicted octanol–water partition coefficient (Wildman–Crippen LogP) is 4.91. The number of rotatable bonds is 5. The Balaban J connectivity index is 2.82. The van der Waals surface area contributed by atoms with Crippen LogP contribution in [0.25, 0.3) is 0 Å². The van der Waals surface area contributed by atoms with Crippen molar-refractivity contribution in [2.24, 2.45) is 0 Å². The van der Waals surface area contributed by atoms with E-state index in [1.165, 1.54) is 5.56 Å². The van der Waals surface area contributed by atoms with Gasteiger partial charge in [-0.1, -0.05) is 41.4 Å². The van der Waals surface area contributed by atoms with Crippen LogP contribution >= 0.6 is 31.9 Å². The van der Waals surface area contributed by atoms with Crippen LogP contribution in [0.4, 0.5) is 0 Å². The van der Waals surface area contributed by atoms with Crippen LogP contribution in [0.5, 0.6) is 5.75 Å². The number of alkyl halides is 1. The van der Waals surface area contributed by atoms with Gasteiger partial charge in [-0.05, 0) is 35.3 Å². The zero-order chi connectivity index (χ0) is 11.3. The summed E-state index contributed by atoms with van der Waals surface area (Å²) in [5.41, 5.74) is 1.19. The molecule has 0 N–H and O–H groups in total. The number of hydrogen-bond donors (Lipinski definition) is 0. The van der Waals surface area contributed by atoms with E-state index < -0.39 is 0 Å². The van der Waals surface area contributed by atoms with Crippen molar-refractivity contribution < 1.29 is 4.74 Å². The summed E-state index contributed by atoms with van der Waals surface area (Å²) in [6, 6.07) is 6.12. The Bertz CT molecular complexity index is 312. The summed E-state index contributed by atoms with van der Waals surface area (Å²) < 4.78 is 6.96. The molecule has 0 saturated heterocycles. The van der Waals surface area contributed by atoms with Crippen LogP contribution in [0.1, 0.15) is 32.3 Å². The first-order chi connectivity index (χ1) is 7.19. The summed E-state index contributed by atoms with van der Waals surface area (Å²) in [7, 11) is 0. The molecule has 0 saturated carbocycles. The van der Waals surface area contributed by atoms with Crippen molar-refractivity contribution in [1.82, 2.24) is 0 Å². The molecule has 84 valence electrons. The van der Waals surface area contributed by atoms with Gasteiger partial charge < -0.3 is 4.74 Å². The first-order valence-electron chi connectivity index (χ1n) is 5.19. The minimum absolute atomic E-state index is 0.270. The summed E-state index contributed by atoms with van der Waals surface area (Å²) in [5, 5.41) is 0.820. The van der Waals surface area contributed by atoms with Crippen molar-refractivity contribution in [2.75, 3.05) is 0 Å². The molecule has 0 radical (unpaired) electrons. The fraction of sp³-hybridized carbons (Fsp3) is 0.500. The molecule has 0 bridgehead atoms. The van der Waals surface area contributed by atoms with E-state index in [0.717, 1.165) is 28.4 Å². The molecular formula is C12H16Br2O. The molecule has 1 aromatic carbocycles. The van der Waals surface area contributed by atoms with Gasteiger partial charge in [-0.3, -0.25) is 0 Å². The van der Waals surface area contributed by atoms with Gasteiger partial charge in [0.2, 0.25) is 0 Å². The molecule has 15 heavy (non-hydrogen) atoms. The van der Waals surface area contributed by atoms with Crippen LogP contribution in [0.15, 0.2) is 22.7 Å². The second-order valence-corrected chi connectivity index (χ2v) is 4.99. The summed E-state index contributed by atoms with van der Waals surface area (Å²) >= 11 is 6.99. The van der Waals surface area contributed by atoms with Crippen LogP contribution in [0.2, 0.25) is 0 Å². The molecule has 1 nitrogen and oxygen atoms in total. The third-order valence-corrected chi connectivity index (χ3v) is 3.44. The van der Waals surface area contributed by atoms with Crippen molar-refractivity contribution in [1.29, 1.82) is 0 Å². The lowest BCUT2D eigenvalue weighted by Crippen LogP contribution is -2.12. The fourth-order valence-corrected chi connectivity index (χ4v) is 2.40. The SMILES string of the molecule is CCCC(C)Oc1c(Br)cccc1CBr. The Morgan fingerprint density at radius 3 is 2.73 bits per heavy atom. The van der Waals surface area contributed by atoms with Crippen molar-refractivity contribution in [3.63, 3.8) is 0 Å². The van der Waals surface area contributed by atoms with E-state index in [4.69, 9.17) is 4.74 Å². The van der Waals surface area contributed by atoms with E-state index in [2.05, 4.69) is 51.8 Å². The summed E-state index contributed by atoms with van der Waals surface area (Å²) in [4.78, 5) is 0. The summed E-state index contributed by atoms with van der Waals surface area (Å²) in [5.74, 6) is 0.968. The highest BCUT2D eigenvalue weighted by Gasteiger charge is 2.10. The third kappa shape index (κ3) is 3.80. The molecule has 0 heterocycles. The standard InChI is InChI=1S/C12H16Br2O/c1-3-5-9(2)15-12-10(8-13)6-4-7-11(12)14/h4,6-7,9H,3,5,8H2,1-2H3. The van der Waals surface area contributed by atoms with Crippen molar-refractivity contribution in [3.8, 4) is 5.75 Å². The van der Waals surface area contributed by atoms with Crippen molar-refractivity contribution in [3.05, 3.63) is 28.2 Å². The fourth-order valence-electron chi connectivity index (χ4n) is 1.46. The van der Waals surface area contributed by atoms with E-state index in [1.54, 1.807) is 0 Å². The molecule has 0 amide bonds. The molecule has 1 unspecified atom stereocenters. The minimum atomic E-state index is 0.270. The van der Waals surface area contributed by atoms with Gasteiger partial charge in [0.1, 0.15) is 5.75 Å². The highest BCUT2D eigenvalue weighted by Crippen LogP contribution is 2.31. The smallest absolute Gasteiger partial charge is 0.137 e. The quantitative estimate of drug-likeness (QED) is 0.694. The van der Waals surface area contributed by atoms with Gasteiger partial charge in [0, 0.05) is 10.9 Å². The van der Waals surface area contributed by atoms with Crippen LogP contribution in [-0.4, -0.2) is 6.10 Å². The topological polar surface area (TPSA) is 9.23 Å². The van der Waals surface area contributed by atoms with E-state index in [9.17, 15) is 0 Å². The molecule has 0 aromatic heterocycles. The first-order valence-corrected chi connectivity index (χ1v) is 7.10. The third-order valence-electron chi connectivity index (χ3n) is 2.21. The van der Waals surface area contributed by atoms with Crippen molar-refractivity contribution in [2.45, 2.75) is 38.1 Å².